The molecule has 1 amide bonds. The van der Waals surface area contributed by atoms with Crippen molar-refractivity contribution in [3.05, 3.63) is 69.8 Å². The minimum absolute atomic E-state index is 0.202. The second-order valence-corrected chi connectivity index (χ2v) is 4.44. The largest absolute Gasteiger partial charge is 0.337 e. The SMILES string of the molecule is CN(Cc1cccnc1)C(=O)c1ccc([N+](=O)[O-])cc1F. The highest BCUT2D eigenvalue weighted by atomic mass is 19.1. The van der Waals surface area contributed by atoms with E-state index >= 15 is 0 Å². The summed E-state index contributed by atoms with van der Waals surface area (Å²) in [6.07, 6.45) is 3.22. The molecule has 0 aliphatic rings. The number of aromatic nitrogens is 1. The van der Waals surface area contributed by atoms with Crippen molar-refractivity contribution >= 4 is 11.6 Å². The molecule has 0 aliphatic carbocycles. The Morgan fingerprint density at radius 1 is 1.43 bits per heavy atom. The second-order valence-electron chi connectivity index (χ2n) is 4.44. The van der Waals surface area contributed by atoms with E-state index in [2.05, 4.69) is 4.98 Å². The number of hydrogen-bond donors (Lipinski definition) is 0. The zero-order chi connectivity index (χ0) is 15.4. The number of rotatable bonds is 4. The first-order chi connectivity index (χ1) is 9.99. The summed E-state index contributed by atoms with van der Waals surface area (Å²) in [4.78, 5) is 27.2. The highest BCUT2D eigenvalue weighted by Gasteiger charge is 2.19. The molecule has 0 saturated carbocycles. The van der Waals surface area contributed by atoms with Gasteiger partial charge in [-0.2, -0.15) is 0 Å². The molecule has 1 aromatic carbocycles. The monoisotopic (exact) mass is 289 g/mol. The number of halogens is 1. The van der Waals surface area contributed by atoms with Crippen LogP contribution in [0.25, 0.3) is 0 Å². The summed E-state index contributed by atoms with van der Waals surface area (Å²) >= 11 is 0. The van der Waals surface area contributed by atoms with Gasteiger partial charge in [0, 0.05) is 32.1 Å². The third-order valence-corrected chi connectivity index (χ3v) is 2.88. The van der Waals surface area contributed by atoms with E-state index in [4.69, 9.17) is 0 Å². The third-order valence-electron chi connectivity index (χ3n) is 2.88. The molecule has 0 radical (unpaired) electrons. The van der Waals surface area contributed by atoms with Crippen molar-refractivity contribution in [1.29, 1.82) is 0 Å². The minimum Gasteiger partial charge on any atom is -0.337 e. The zero-order valence-corrected chi connectivity index (χ0v) is 11.2. The summed E-state index contributed by atoms with van der Waals surface area (Å²) in [5.74, 6) is -1.46. The van der Waals surface area contributed by atoms with E-state index in [-0.39, 0.29) is 17.8 Å². The van der Waals surface area contributed by atoms with Crippen molar-refractivity contribution in [1.82, 2.24) is 9.88 Å². The summed E-state index contributed by atoms with van der Waals surface area (Å²) < 4.78 is 13.8. The lowest BCUT2D eigenvalue weighted by Gasteiger charge is -2.17. The number of non-ortho nitro benzene ring substituents is 1. The van der Waals surface area contributed by atoms with E-state index in [0.29, 0.717) is 0 Å². The second kappa shape index (κ2) is 6.08. The van der Waals surface area contributed by atoms with Crippen LogP contribution >= 0.6 is 0 Å². The topological polar surface area (TPSA) is 76.3 Å². The lowest BCUT2D eigenvalue weighted by Crippen LogP contribution is -2.27. The molecule has 0 saturated heterocycles. The van der Waals surface area contributed by atoms with Crippen LogP contribution in [0.1, 0.15) is 15.9 Å². The van der Waals surface area contributed by atoms with Gasteiger partial charge in [0.15, 0.2) is 0 Å². The summed E-state index contributed by atoms with van der Waals surface area (Å²) in [5, 5.41) is 10.5. The Bertz CT molecular complexity index is 676. The molecule has 21 heavy (non-hydrogen) atoms. The molecule has 0 aliphatic heterocycles. The fourth-order valence-electron chi connectivity index (χ4n) is 1.83. The lowest BCUT2D eigenvalue weighted by atomic mass is 10.1. The predicted octanol–water partition coefficient (Wildman–Crippen LogP) is 2.40. The van der Waals surface area contributed by atoms with Gasteiger partial charge in [-0.1, -0.05) is 6.07 Å². The third kappa shape index (κ3) is 3.38. The van der Waals surface area contributed by atoms with Crippen molar-refractivity contribution in [2.75, 3.05) is 7.05 Å². The maximum Gasteiger partial charge on any atom is 0.272 e. The Kier molecular flexibility index (Phi) is 4.22. The first-order valence-corrected chi connectivity index (χ1v) is 6.07. The van der Waals surface area contributed by atoms with Crippen LogP contribution in [0.2, 0.25) is 0 Å². The van der Waals surface area contributed by atoms with E-state index in [9.17, 15) is 19.3 Å². The minimum atomic E-state index is -0.910. The number of nitro benzene ring substituents is 1. The van der Waals surface area contributed by atoms with Crippen LogP contribution in [0.3, 0.4) is 0 Å². The smallest absolute Gasteiger partial charge is 0.272 e. The fourth-order valence-corrected chi connectivity index (χ4v) is 1.83. The molecule has 0 unspecified atom stereocenters. The Labute approximate surface area is 120 Å². The summed E-state index contributed by atoms with van der Waals surface area (Å²) in [6, 6.07) is 6.50. The van der Waals surface area contributed by atoms with Crippen LogP contribution in [0, 0.1) is 15.9 Å². The van der Waals surface area contributed by atoms with Crippen molar-refractivity contribution in [3.63, 3.8) is 0 Å². The molecule has 2 rings (SSSR count). The highest BCUT2D eigenvalue weighted by Crippen LogP contribution is 2.18. The van der Waals surface area contributed by atoms with Crippen molar-refractivity contribution in [2.24, 2.45) is 0 Å². The maximum absolute atomic E-state index is 13.8. The number of nitrogens with zero attached hydrogens (tertiary/aromatic N) is 3. The quantitative estimate of drug-likeness (QED) is 0.639. The molecule has 0 bridgehead atoms. The van der Waals surface area contributed by atoms with Crippen LogP contribution in [-0.2, 0) is 6.54 Å². The predicted molar refractivity (Wildman–Crippen MR) is 73.1 cm³/mol. The molecule has 0 N–H and O–H groups in total. The van der Waals surface area contributed by atoms with Gasteiger partial charge in [-0.15, -0.1) is 0 Å². The van der Waals surface area contributed by atoms with Crippen LogP contribution < -0.4 is 0 Å². The molecule has 0 spiro atoms. The molecule has 0 atom stereocenters. The first-order valence-electron chi connectivity index (χ1n) is 6.07. The average molecular weight is 289 g/mol. The molecule has 2 aromatic rings. The molecule has 1 aromatic heterocycles. The van der Waals surface area contributed by atoms with E-state index in [0.717, 1.165) is 23.8 Å². The van der Waals surface area contributed by atoms with Gasteiger partial charge in [-0.3, -0.25) is 19.9 Å². The Morgan fingerprint density at radius 2 is 2.19 bits per heavy atom. The Hall–Kier alpha value is -2.83. The highest BCUT2D eigenvalue weighted by molar-refractivity contribution is 5.94. The van der Waals surface area contributed by atoms with Crippen LogP contribution in [0.4, 0.5) is 10.1 Å². The number of carbonyl (C=O) groups excluding carboxylic acids is 1. The number of hydrogen-bond acceptors (Lipinski definition) is 4. The van der Waals surface area contributed by atoms with Gasteiger partial charge in [0.25, 0.3) is 11.6 Å². The number of benzene rings is 1. The van der Waals surface area contributed by atoms with E-state index in [1.54, 1.807) is 24.5 Å². The average Bonchev–Trinajstić information content (AvgIpc) is 2.47. The molecule has 1 heterocycles. The lowest BCUT2D eigenvalue weighted by molar-refractivity contribution is -0.385. The summed E-state index contributed by atoms with van der Waals surface area (Å²) in [5.41, 5.74) is 0.210. The van der Waals surface area contributed by atoms with Crippen LogP contribution in [-0.4, -0.2) is 27.8 Å². The summed E-state index contributed by atoms with van der Waals surface area (Å²) in [7, 11) is 1.52. The van der Waals surface area contributed by atoms with Crippen molar-refractivity contribution in [2.45, 2.75) is 6.54 Å². The fraction of sp³-hybridized carbons (Fsp3) is 0.143. The van der Waals surface area contributed by atoms with E-state index in [1.807, 2.05) is 0 Å². The van der Waals surface area contributed by atoms with Gasteiger partial charge in [0.05, 0.1) is 16.6 Å². The number of carbonyl (C=O) groups is 1. The first kappa shape index (κ1) is 14.6. The van der Waals surface area contributed by atoms with E-state index < -0.39 is 16.6 Å². The van der Waals surface area contributed by atoms with Gasteiger partial charge in [-0.25, -0.2) is 4.39 Å². The van der Waals surface area contributed by atoms with E-state index in [1.165, 1.54) is 11.9 Å². The van der Waals surface area contributed by atoms with Crippen molar-refractivity contribution < 1.29 is 14.1 Å². The van der Waals surface area contributed by atoms with Gasteiger partial charge >= 0.3 is 0 Å². The summed E-state index contributed by atoms with van der Waals surface area (Å²) in [6.45, 7) is 0.267. The number of nitro groups is 1. The van der Waals surface area contributed by atoms with Gasteiger partial charge in [-0.05, 0) is 17.7 Å². The number of amides is 1. The van der Waals surface area contributed by atoms with Gasteiger partial charge in [0.2, 0.25) is 0 Å². The van der Waals surface area contributed by atoms with Crippen LogP contribution in [0.15, 0.2) is 42.7 Å². The van der Waals surface area contributed by atoms with Gasteiger partial charge < -0.3 is 4.90 Å². The standard InChI is InChI=1S/C14H12FN3O3/c1-17(9-10-3-2-6-16-8-10)14(19)12-5-4-11(18(20)21)7-13(12)15/h2-8H,9H2,1H3. The Balaban J connectivity index is 2.18. The Morgan fingerprint density at radius 3 is 2.76 bits per heavy atom. The molecule has 6 nitrogen and oxygen atoms in total. The zero-order valence-electron chi connectivity index (χ0n) is 11.2. The molecular formula is C14H12FN3O3. The van der Waals surface area contributed by atoms with Crippen molar-refractivity contribution in [3.8, 4) is 0 Å². The normalized spacial score (nSPS) is 10.2. The molecule has 7 heteroatoms. The molecule has 108 valence electrons. The molecule has 0 fully saturated rings. The number of pyridine rings is 1. The maximum atomic E-state index is 13.8. The molecular weight excluding hydrogens is 277 g/mol. The van der Waals surface area contributed by atoms with Crippen LogP contribution in [0.5, 0.6) is 0 Å². The van der Waals surface area contributed by atoms with Gasteiger partial charge in [0.1, 0.15) is 5.82 Å².